The van der Waals surface area contributed by atoms with Gasteiger partial charge < -0.3 is 19.7 Å². The van der Waals surface area contributed by atoms with Crippen molar-refractivity contribution in [2.24, 2.45) is 0 Å². The molecule has 0 bridgehead atoms. The first-order valence-corrected chi connectivity index (χ1v) is 10.4. The highest BCUT2D eigenvalue weighted by molar-refractivity contribution is 6.46. The monoisotopic (exact) mass is 443 g/mol. The molecule has 0 atom stereocenters. The van der Waals surface area contributed by atoms with Crippen molar-refractivity contribution in [3.05, 3.63) is 84.1 Å². The van der Waals surface area contributed by atoms with Gasteiger partial charge in [0.15, 0.2) is 0 Å². The number of hydrogen-bond acceptors (Lipinski definition) is 6. The van der Waals surface area contributed by atoms with Crippen LogP contribution >= 0.6 is 0 Å². The average molecular weight is 444 g/mol. The third-order valence-electron chi connectivity index (χ3n) is 5.42. The van der Waals surface area contributed by atoms with Crippen LogP contribution in [-0.4, -0.2) is 40.1 Å². The number of ether oxygens (including phenoxy) is 2. The molecule has 1 N–H and O–H groups in total. The lowest BCUT2D eigenvalue weighted by atomic mass is 10.0. The van der Waals surface area contributed by atoms with Crippen molar-refractivity contribution < 1.29 is 19.1 Å². The smallest absolute Gasteiger partial charge is 0.282 e. The largest absolute Gasteiger partial charge is 0.497 e. The fourth-order valence-corrected chi connectivity index (χ4v) is 3.71. The van der Waals surface area contributed by atoms with Crippen molar-refractivity contribution in [1.29, 1.82) is 0 Å². The van der Waals surface area contributed by atoms with Gasteiger partial charge in [0.05, 0.1) is 25.5 Å². The van der Waals surface area contributed by atoms with Crippen LogP contribution in [0.1, 0.15) is 5.56 Å². The zero-order chi connectivity index (χ0) is 23.5. The number of nitrogens with zero attached hydrogens (tertiary/aromatic N) is 2. The highest BCUT2D eigenvalue weighted by Gasteiger charge is 2.41. The standard InChI is InChI=1S/C26H25N3O4/c1-28(2)18-8-7-9-19(16-18)29-25(30)23(21-10-5-6-11-22(21)33-4)24(26(29)31)27-17-12-14-20(32-3)15-13-17/h5-16,27H,1-4H3. The average Bonchev–Trinajstić information content (AvgIpc) is 3.08. The quantitative estimate of drug-likeness (QED) is 0.553. The van der Waals surface area contributed by atoms with E-state index in [1.165, 1.54) is 12.0 Å². The molecule has 33 heavy (non-hydrogen) atoms. The molecule has 0 unspecified atom stereocenters. The Balaban J connectivity index is 1.83. The number of carbonyl (C=O) groups is 2. The molecule has 0 aliphatic carbocycles. The molecule has 7 heteroatoms. The number of methoxy groups -OCH3 is 2. The topological polar surface area (TPSA) is 71.1 Å². The van der Waals surface area contributed by atoms with Crippen molar-refractivity contribution in [3.8, 4) is 11.5 Å². The van der Waals surface area contributed by atoms with Crippen LogP contribution in [0, 0.1) is 0 Å². The lowest BCUT2D eigenvalue weighted by Gasteiger charge is -2.19. The zero-order valence-electron chi connectivity index (χ0n) is 19.0. The zero-order valence-corrected chi connectivity index (χ0v) is 19.0. The summed E-state index contributed by atoms with van der Waals surface area (Å²) in [6.07, 6.45) is 0. The molecule has 0 saturated carbocycles. The van der Waals surface area contributed by atoms with E-state index >= 15 is 0 Å². The number of imide groups is 1. The summed E-state index contributed by atoms with van der Waals surface area (Å²) < 4.78 is 10.7. The van der Waals surface area contributed by atoms with E-state index in [9.17, 15) is 9.59 Å². The van der Waals surface area contributed by atoms with Gasteiger partial charge in [-0.15, -0.1) is 0 Å². The van der Waals surface area contributed by atoms with E-state index in [4.69, 9.17) is 9.47 Å². The number of amides is 2. The minimum atomic E-state index is -0.437. The van der Waals surface area contributed by atoms with Gasteiger partial charge in [0.2, 0.25) is 0 Å². The van der Waals surface area contributed by atoms with Crippen LogP contribution in [0.25, 0.3) is 5.57 Å². The SMILES string of the molecule is COc1ccc(NC2=C(c3ccccc3OC)C(=O)N(c3cccc(N(C)C)c3)C2=O)cc1. The maximum atomic E-state index is 13.7. The van der Waals surface area contributed by atoms with Crippen LogP contribution in [0.5, 0.6) is 11.5 Å². The highest BCUT2D eigenvalue weighted by Crippen LogP contribution is 2.38. The second-order valence-electron chi connectivity index (χ2n) is 7.66. The molecule has 3 aromatic rings. The number of anilines is 3. The summed E-state index contributed by atoms with van der Waals surface area (Å²) in [5.74, 6) is 0.339. The van der Waals surface area contributed by atoms with Gasteiger partial charge in [-0.05, 0) is 48.5 Å². The van der Waals surface area contributed by atoms with Gasteiger partial charge in [-0.2, -0.15) is 0 Å². The molecule has 1 aliphatic rings. The Morgan fingerprint density at radius 3 is 2.21 bits per heavy atom. The van der Waals surface area contributed by atoms with E-state index in [-0.39, 0.29) is 11.3 Å². The van der Waals surface area contributed by atoms with E-state index in [0.29, 0.717) is 28.4 Å². The Kier molecular flexibility index (Phi) is 6.04. The number of carbonyl (C=O) groups excluding carboxylic acids is 2. The van der Waals surface area contributed by atoms with E-state index in [0.717, 1.165) is 5.69 Å². The van der Waals surface area contributed by atoms with E-state index in [1.807, 2.05) is 49.3 Å². The van der Waals surface area contributed by atoms with Gasteiger partial charge in [-0.1, -0.05) is 24.3 Å². The lowest BCUT2D eigenvalue weighted by molar-refractivity contribution is -0.120. The van der Waals surface area contributed by atoms with Gasteiger partial charge in [0, 0.05) is 31.0 Å². The van der Waals surface area contributed by atoms with E-state index in [2.05, 4.69) is 5.32 Å². The Morgan fingerprint density at radius 1 is 0.818 bits per heavy atom. The molecule has 0 aromatic heterocycles. The first-order valence-electron chi connectivity index (χ1n) is 10.4. The second-order valence-corrected chi connectivity index (χ2v) is 7.66. The van der Waals surface area contributed by atoms with Gasteiger partial charge in [0.1, 0.15) is 17.2 Å². The molecular weight excluding hydrogens is 418 g/mol. The fourth-order valence-electron chi connectivity index (χ4n) is 3.71. The predicted octanol–water partition coefficient (Wildman–Crippen LogP) is 4.17. The van der Waals surface area contributed by atoms with Crippen molar-refractivity contribution in [1.82, 2.24) is 0 Å². The Labute approximate surface area is 192 Å². The molecule has 7 nitrogen and oxygen atoms in total. The van der Waals surface area contributed by atoms with E-state index in [1.54, 1.807) is 49.6 Å². The first kappa shape index (κ1) is 22.0. The van der Waals surface area contributed by atoms with Crippen molar-refractivity contribution >= 4 is 34.4 Å². The second kappa shape index (κ2) is 9.08. The van der Waals surface area contributed by atoms with Crippen LogP contribution in [-0.2, 0) is 9.59 Å². The number of para-hydroxylation sites is 1. The fraction of sp³-hybridized carbons (Fsp3) is 0.154. The molecule has 3 aromatic carbocycles. The number of benzene rings is 3. The molecule has 168 valence electrons. The number of nitrogens with one attached hydrogen (secondary N) is 1. The highest BCUT2D eigenvalue weighted by atomic mass is 16.5. The maximum Gasteiger partial charge on any atom is 0.282 e. The summed E-state index contributed by atoms with van der Waals surface area (Å²) >= 11 is 0. The Hall–Kier alpha value is -4.26. The maximum absolute atomic E-state index is 13.7. The van der Waals surface area contributed by atoms with Gasteiger partial charge in [0.25, 0.3) is 11.8 Å². The number of hydrogen-bond donors (Lipinski definition) is 1. The molecule has 1 aliphatic heterocycles. The summed E-state index contributed by atoms with van der Waals surface area (Å²) in [6.45, 7) is 0. The number of rotatable bonds is 7. The van der Waals surface area contributed by atoms with Crippen LogP contribution in [0.4, 0.5) is 17.1 Å². The van der Waals surface area contributed by atoms with Crippen molar-refractivity contribution in [2.45, 2.75) is 0 Å². The summed E-state index contributed by atoms with van der Waals surface area (Å²) in [5, 5.41) is 3.16. The minimum Gasteiger partial charge on any atom is -0.497 e. The van der Waals surface area contributed by atoms with Gasteiger partial charge >= 0.3 is 0 Å². The summed E-state index contributed by atoms with van der Waals surface area (Å²) in [6, 6.07) is 21.6. The molecule has 1 heterocycles. The molecule has 2 amide bonds. The van der Waals surface area contributed by atoms with Gasteiger partial charge in [-0.3, -0.25) is 9.59 Å². The van der Waals surface area contributed by atoms with Crippen LogP contribution in [0.2, 0.25) is 0 Å². The molecule has 0 radical (unpaired) electrons. The minimum absolute atomic E-state index is 0.185. The molecule has 0 spiro atoms. The Morgan fingerprint density at radius 2 is 1.55 bits per heavy atom. The normalized spacial score (nSPS) is 13.4. The van der Waals surface area contributed by atoms with Crippen LogP contribution < -0.4 is 24.6 Å². The van der Waals surface area contributed by atoms with Crippen LogP contribution in [0.3, 0.4) is 0 Å². The first-order chi connectivity index (χ1) is 15.9. The van der Waals surface area contributed by atoms with Crippen LogP contribution in [0.15, 0.2) is 78.5 Å². The summed E-state index contributed by atoms with van der Waals surface area (Å²) in [7, 11) is 6.93. The van der Waals surface area contributed by atoms with Crippen molar-refractivity contribution in [2.75, 3.05) is 43.4 Å². The molecule has 0 fully saturated rings. The van der Waals surface area contributed by atoms with E-state index < -0.39 is 11.8 Å². The molecule has 4 rings (SSSR count). The summed E-state index contributed by atoms with van der Waals surface area (Å²) in [4.78, 5) is 30.4. The van der Waals surface area contributed by atoms with Gasteiger partial charge in [-0.25, -0.2) is 4.90 Å². The third kappa shape index (κ3) is 4.13. The predicted molar refractivity (Wildman–Crippen MR) is 130 cm³/mol. The summed E-state index contributed by atoms with van der Waals surface area (Å²) in [5.41, 5.74) is 3.01. The van der Waals surface area contributed by atoms with Crippen molar-refractivity contribution in [3.63, 3.8) is 0 Å². The molecular formula is C26H25N3O4. The molecule has 0 saturated heterocycles. The lowest BCUT2D eigenvalue weighted by Crippen LogP contribution is -2.32. The third-order valence-corrected chi connectivity index (χ3v) is 5.42. The Bertz CT molecular complexity index is 1230.